The second-order valence-electron chi connectivity index (χ2n) is 5.83. The molecule has 1 aliphatic rings. The van der Waals surface area contributed by atoms with Crippen LogP contribution in [0, 0.1) is 0 Å². The van der Waals surface area contributed by atoms with Gasteiger partial charge in [0.2, 0.25) is 0 Å². The van der Waals surface area contributed by atoms with Crippen molar-refractivity contribution >= 4 is 23.2 Å². The van der Waals surface area contributed by atoms with E-state index in [4.69, 9.17) is 16.3 Å². The van der Waals surface area contributed by atoms with E-state index in [1.807, 2.05) is 0 Å². The molecule has 1 aromatic heterocycles. The quantitative estimate of drug-likeness (QED) is 0.828. The lowest BCUT2D eigenvalue weighted by atomic mass is 9.95. The normalized spacial score (nSPS) is 20.4. The molecule has 1 aromatic carbocycles. The second-order valence-corrected chi connectivity index (χ2v) is 6.19. The van der Waals surface area contributed by atoms with Gasteiger partial charge in [0, 0.05) is 11.9 Å². The number of hydrogen-bond donors (Lipinski definition) is 2. The molecule has 2 unspecified atom stereocenters. The first-order chi connectivity index (χ1) is 11.6. The van der Waals surface area contributed by atoms with Crippen molar-refractivity contribution in [3.05, 3.63) is 53.3 Å². The SMILES string of the molecule is O=C(Nc1ccc(OC2CCCCC2O)cc1)c1cccnc1Cl. The van der Waals surface area contributed by atoms with Crippen LogP contribution in [0.2, 0.25) is 5.15 Å². The Labute approximate surface area is 145 Å². The van der Waals surface area contributed by atoms with Crippen LogP contribution in [-0.2, 0) is 0 Å². The van der Waals surface area contributed by atoms with Crippen molar-refractivity contribution in [2.45, 2.75) is 37.9 Å². The number of anilines is 1. The Balaban J connectivity index is 1.62. The lowest BCUT2D eigenvalue weighted by molar-refractivity contribution is 0.00688. The number of carbonyl (C=O) groups is 1. The topological polar surface area (TPSA) is 71.5 Å². The molecule has 1 amide bonds. The molecule has 2 atom stereocenters. The molecule has 0 spiro atoms. The predicted molar refractivity (Wildman–Crippen MR) is 92.5 cm³/mol. The van der Waals surface area contributed by atoms with E-state index >= 15 is 0 Å². The van der Waals surface area contributed by atoms with Crippen molar-refractivity contribution in [3.8, 4) is 5.75 Å². The van der Waals surface area contributed by atoms with Gasteiger partial charge in [0.1, 0.15) is 17.0 Å². The number of carbonyl (C=O) groups excluding carboxylic acids is 1. The van der Waals surface area contributed by atoms with E-state index in [0.29, 0.717) is 17.0 Å². The summed E-state index contributed by atoms with van der Waals surface area (Å²) in [6.07, 6.45) is 4.72. The van der Waals surface area contributed by atoms with E-state index < -0.39 is 6.10 Å². The Morgan fingerprint density at radius 3 is 2.67 bits per heavy atom. The van der Waals surface area contributed by atoms with Gasteiger partial charge in [-0.3, -0.25) is 4.79 Å². The van der Waals surface area contributed by atoms with Crippen LogP contribution in [0.25, 0.3) is 0 Å². The molecule has 2 aromatic rings. The fourth-order valence-corrected chi connectivity index (χ4v) is 2.97. The summed E-state index contributed by atoms with van der Waals surface area (Å²) >= 11 is 5.92. The maximum Gasteiger partial charge on any atom is 0.258 e. The third-order valence-corrected chi connectivity index (χ3v) is 4.37. The number of aliphatic hydroxyl groups excluding tert-OH is 1. The monoisotopic (exact) mass is 346 g/mol. The number of benzene rings is 1. The minimum Gasteiger partial charge on any atom is -0.488 e. The molecule has 0 aliphatic heterocycles. The number of rotatable bonds is 4. The van der Waals surface area contributed by atoms with E-state index in [-0.39, 0.29) is 17.2 Å². The molecule has 0 radical (unpaired) electrons. The van der Waals surface area contributed by atoms with Crippen molar-refractivity contribution in [1.29, 1.82) is 0 Å². The van der Waals surface area contributed by atoms with E-state index in [1.165, 1.54) is 6.20 Å². The van der Waals surface area contributed by atoms with Gasteiger partial charge in [-0.05, 0) is 55.7 Å². The molecule has 126 valence electrons. The molecule has 0 saturated heterocycles. The zero-order valence-electron chi connectivity index (χ0n) is 13.1. The fourth-order valence-electron chi connectivity index (χ4n) is 2.76. The van der Waals surface area contributed by atoms with Gasteiger partial charge in [-0.15, -0.1) is 0 Å². The van der Waals surface area contributed by atoms with Gasteiger partial charge in [-0.1, -0.05) is 18.0 Å². The number of halogens is 1. The van der Waals surface area contributed by atoms with Crippen molar-refractivity contribution in [2.75, 3.05) is 5.32 Å². The molecule has 1 heterocycles. The molecule has 5 nitrogen and oxygen atoms in total. The summed E-state index contributed by atoms with van der Waals surface area (Å²) in [5.41, 5.74) is 0.960. The van der Waals surface area contributed by atoms with E-state index in [1.54, 1.807) is 36.4 Å². The molecule has 0 bridgehead atoms. The van der Waals surface area contributed by atoms with Gasteiger partial charge in [0.15, 0.2) is 0 Å². The highest BCUT2D eigenvalue weighted by molar-refractivity contribution is 6.33. The standard InChI is InChI=1S/C18H19ClN2O3/c19-17-14(4-3-11-20-17)18(23)21-12-7-9-13(10-8-12)24-16-6-2-1-5-15(16)22/h3-4,7-11,15-16,22H,1-2,5-6H2,(H,21,23). The van der Waals surface area contributed by atoms with E-state index in [0.717, 1.165) is 25.7 Å². The molecule has 1 aliphatic carbocycles. The third-order valence-electron chi connectivity index (χ3n) is 4.07. The Hall–Kier alpha value is -2.11. The van der Waals surface area contributed by atoms with Gasteiger partial charge >= 0.3 is 0 Å². The zero-order chi connectivity index (χ0) is 16.9. The summed E-state index contributed by atoms with van der Waals surface area (Å²) in [6.45, 7) is 0. The summed E-state index contributed by atoms with van der Waals surface area (Å²) in [5, 5.41) is 12.9. The average molecular weight is 347 g/mol. The van der Waals surface area contributed by atoms with Crippen LogP contribution >= 0.6 is 11.6 Å². The molecule has 3 rings (SSSR count). The maximum atomic E-state index is 12.2. The first-order valence-corrected chi connectivity index (χ1v) is 8.38. The first-order valence-electron chi connectivity index (χ1n) is 8.00. The maximum absolute atomic E-state index is 12.2. The molecular formula is C18H19ClN2O3. The smallest absolute Gasteiger partial charge is 0.258 e. The van der Waals surface area contributed by atoms with Gasteiger partial charge < -0.3 is 15.2 Å². The molecule has 2 N–H and O–H groups in total. The lowest BCUT2D eigenvalue weighted by Gasteiger charge is -2.28. The van der Waals surface area contributed by atoms with Gasteiger partial charge in [0.05, 0.1) is 11.7 Å². The second kappa shape index (κ2) is 7.64. The third kappa shape index (κ3) is 4.04. The lowest BCUT2D eigenvalue weighted by Crippen LogP contribution is -2.34. The molecular weight excluding hydrogens is 328 g/mol. The fraction of sp³-hybridized carbons (Fsp3) is 0.333. The highest BCUT2D eigenvalue weighted by Gasteiger charge is 2.24. The van der Waals surface area contributed by atoms with Crippen molar-refractivity contribution in [2.24, 2.45) is 0 Å². The molecule has 6 heteroatoms. The average Bonchev–Trinajstić information content (AvgIpc) is 2.59. The van der Waals surface area contributed by atoms with Crippen LogP contribution in [0.4, 0.5) is 5.69 Å². The van der Waals surface area contributed by atoms with Gasteiger partial charge in [-0.2, -0.15) is 0 Å². The summed E-state index contributed by atoms with van der Waals surface area (Å²) < 4.78 is 5.84. The number of ether oxygens (including phenoxy) is 1. The Bertz CT molecular complexity index is 706. The van der Waals surface area contributed by atoms with Crippen LogP contribution in [0.3, 0.4) is 0 Å². The number of aromatic nitrogens is 1. The summed E-state index contributed by atoms with van der Waals surface area (Å²) in [5.74, 6) is 0.364. The van der Waals surface area contributed by atoms with E-state index in [9.17, 15) is 9.90 Å². The highest BCUT2D eigenvalue weighted by Crippen LogP contribution is 2.25. The summed E-state index contributed by atoms with van der Waals surface area (Å²) in [4.78, 5) is 16.1. The summed E-state index contributed by atoms with van der Waals surface area (Å²) in [7, 11) is 0. The largest absolute Gasteiger partial charge is 0.488 e. The number of nitrogens with zero attached hydrogens (tertiary/aromatic N) is 1. The molecule has 1 saturated carbocycles. The molecule has 24 heavy (non-hydrogen) atoms. The highest BCUT2D eigenvalue weighted by atomic mass is 35.5. The van der Waals surface area contributed by atoms with Crippen LogP contribution in [0.15, 0.2) is 42.6 Å². The Kier molecular flexibility index (Phi) is 5.33. The first kappa shape index (κ1) is 16.7. The number of amides is 1. The summed E-state index contributed by atoms with van der Waals surface area (Å²) in [6, 6.07) is 10.4. The van der Waals surface area contributed by atoms with Gasteiger partial charge in [0.25, 0.3) is 5.91 Å². The van der Waals surface area contributed by atoms with Crippen LogP contribution in [-0.4, -0.2) is 28.2 Å². The van der Waals surface area contributed by atoms with Crippen LogP contribution < -0.4 is 10.1 Å². The Morgan fingerprint density at radius 2 is 1.96 bits per heavy atom. The number of nitrogens with one attached hydrogen (secondary N) is 1. The van der Waals surface area contributed by atoms with Gasteiger partial charge in [-0.25, -0.2) is 4.98 Å². The Morgan fingerprint density at radius 1 is 1.21 bits per heavy atom. The van der Waals surface area contributed by atoms with Crippen LogP contribution in [0.5, 0.6) is 5.75 Å². The van der Waals surface area contributed by atoms with Crippen molar-refractivity contribution in [1.82, 2.24) is 4.98 Å². The van der Waals surface area contributed by atoms with Crippen molar-refractivity contribution < 1.29 is 14.6 Å². The number of pyridine rings is 1. The van der Waals surface area contributed by atoms with Crippen LogP contribution in [0.1, 0.15) is 36.0 Å². The number of hydrogen-bond acceptors (Lipinski definition) is 4. The zero-order valence-corrected chi connectivity index (χ0v) is 13.9. The minimum absolute atomic E-state index is 0.159. The van der Waals surface area contributed by atoms with E-state index in [2.05, 4.69) is 10.3 Å². The molecule has 1 fully saturated rings. The minimum atomic E-state index is -0.411. The predicted octanol–water partition coefficient (Wildman–Crippen LogP) is 3.67. The van der Waals surface area contributed by atoms with Crippen molar-refractivity contribution in [3.63, 3.8) is 0 Å². The number of aliphatic hydroxyl groups is 1.